The Morgan fingerprint density at radius 3 is 2.61 bits per heavy atom. The predicted octanol–water partition coefficient (Wildman–Crippen LogP) is -3.11. The summed E-state index contributed by atoms with van der Waals surface area (Å²) in [5.74, 6) is -0.915. The number of aromatic amines is 1. The smallest absolute Gasteiger partial charge is 0.277 e. The van der Waals surface area contributed by atoms with Gasteiger partial charge in [0.2, 0.25) is 0 Å². The van der Waals surface area contributed by atoms with Crippen LogP contribution in [0.15, 0.2) is 11.0 Å². The van der Waals surface area contributed by atoms with E-state index in [1.807, 2.05) is 0 Å². The Balaban J connectivity index is 2.30. The maximum Gasteiger partial charge on any atom is 0.277 e. The molecule has 1 unspecified atom stereocenters. The first-order valence-corrected chi connectivity index (χ1v) is 5.19. The number of amides is 1. The zero-order chi connectivity index (χ0) is 13.4. The van der Waals surface area contributed by atoms with E-state index in [0.29, 0.717) is 0 Å². The molecule has 1 aliphatic heterocycles. The zero-order valence-corrected chi connectivity index (χ0v) is 9.18. The summed E-state index contributed by atoms with van der Waals surface area (Å²) in [4.78, 5) is 22.3. The minimum Gasteiger partial charge on any atom is -0.394 e. The number of primary amides is 1. The number of aromatic nitrogens is 2. The number of nitrogens with one attached hydrogen (secondary N) is 1. The Bertz CT molecular complexity index is 509. The average molecular weight is 259 g/mol. The van der Waals surface area contributed by atoms with Crippen molar-refractivity contribution in [3.05, 3.63) is 22.1 Å². The molecule has 0 aromatic carbocycles. The van der Waals surface area contributed by atoms with Crippen LogP contribution in [0.3, 0.4) is 0 Å². The van der Waals surface area contributed by atoms with E-state index in [2.05, 4.69) is 5.10 Å². The molecule has 1 aliphatic rings. The Morgan fingerprint density at radius 2 is 2.17 bits per heavy atom. The van der Waals surface area contributed by atoms with Crippen molar-refractivity contribution in [2.45, 2.75) is 24.5 Å². The third kappa shape index (κ3) is 1.93. The highest BCUT2D eigenvalue weighted by atomic mass is 16.6. The number of hydrogen-bond donors (Lipinski definition) is 5. The van der Waals surface area contributed by atoms with Gasteiger partial charge in [-0.1, -0.05) is 0 Å². The number of ether oxygens (including phenoxy) is 1. The third-order valence-electron chi connectivity index (χ3n) is 2.80. The molecule has 1 saturated heterocycles. The van der Waals surface area contributed by atoms with Gasteiger partial charge in [-0.05, 0) is 0 Å². The summed E-state index contributed by atoms with van der Waals surface area (Å²) >= 11 is 0. The second-order valence-electron chi connectivity index (χ2n) is 3.98. The summed E-state index contributed by atoms with van der Waals surface area (Å²) in [7, 11) is 0. The molecule has 9 heteroatoms. The molecule has 4 atom stereocenters. The lowest BCUT2D eigenvalue weighted by Gasteiger charge is -2.15. The van der Waals surface area contributed by atoms with E-state index in [1.54, 1.807) is 0 Å². The Kier molecular flexibility index (Phi) is 3.22. The van der Waals surface area contributed by atoms with Crippen LogP contribution in [0, 0.1) is 0 Å². The molecule has 9 nitrogen and oxygen atoms in total. The molecule has 1 amide bonds. The Labute approximate surface area is 100 Å². The molecule has 0 spiro atoms. The van der Waals surface area contributed by atoms with Gasteiger partial charge in [-0.3, -0.25) is 19.4 Å². The second-order valence-corrected chi connectivity index (χ2v) is 3.98. The van der Waals surface area contributed by atoms with Gasteiger partial charge in [-0.25, -0.2) is 0 Å². The van der Waals surface area contributed by atoms with Crippen molar-refractivity contribution < 1.29 is 24.9 Å². The van der Waals surface area contributed by atoms with Gasteiger partial charge in [0.25, 0.3) is 11.5 Å². The molecule has 6 N–H and O–H groups in total. The van der Waals surface area contributed by atoms with Crippen LogP contribution in [0.5, 0.6) is 0 Å². The van der Waals surface area contributed by atoms with Crippen molar-refractivity contribution in [2.24, 2.45) is 5.73 Å². The maximum atomic E-state index is 11.4. The van der Waals surface area contributed by atoms with E-state index in [0.717, 1.165) is 10.9 Å². The number of carbonyl (C=O) groups excluding carboxylic acids is 1. The molecule has 0 aliphatic carbocycles. The number of hydrogen-bond acceptors (Lipinski definition) is 6. The van der Waals surface area contributed by atoms with Crippen molar-refractivity contribution in [3.63, 3.8) is 0 Å². The van der Waals surface area contributed by atoms with Gasteiger partial charge < -0.3 is 25.8 Å². The third-order valence-corrected chi connectivity index (χ3v) is 2.80. The number of rotatable bonds is 3. The van der Waals surface area contributed by atoms with E-state index in [-0.39, 0.29) is 5.56 Å². The minimum absolute atomic E-state index is 0.285. The molecular weight excluding hydrogens is 246 g/mol. The van der Waals surface area contributed by atoms with Crippen LogP contribution >= 0.6 is 0 Å². The van der Waals surface area contributed by atoms with Gasteiger partial charge in [0.05, 0.1) is 6.61 Å². The topological polar surface area (TPSA) is 151 Å². The van der Waals surface area contributed by atoms with E-state index in [9.17, 15) is 19.8 Å². The van der Waals surface area contributed by atoms with E-state index in [4.69, 9.17) is 15.6 Å². The first kappa shape index (κ1) is 12.8. The molecule has 0 saturated carbocycles. The van der Waals surface area contributed by atoms with Crippen LogP contribution in [-0.4, -0.2) is 55.9 Å². The average Bonchev–Trinajstić information content (AvgIpc) is 2.82. The van der Waals surface area contributed by atoms with Gasteiger partial charge in [-0.15, -0.1) is 0 Å². The van der Waals surface area contributed by atoms with Crippen molar-refractivity contribution in [2.75, 3.05) is 6.61 Å². The Hall–Kier alpha value is -1.68. The number of aliphatic hydroxyl groups is 3. The molecule has 0 bridgehead atoms. The molecule has 1 aromatic rings. The Morgan fingerprint density at radius 1 is 1.50 bits per heavy atom. The molecule has 2 rings (SSSR count). The quantitative estimate of drug-likeness (QED) is 0.387. The fraction of sp³-hybridized carbons (Fsp3) is 0.556. The largest absolute Gasteiger partial charge is 0.394 e. The van der Waals surface area contributed by atoms with Gasteiger partial charge in [0, 0.05) is 6.20 Å². The van der Waals surface area contributed by atoms with Crippen LogP contribution in [0.25, 0.3) is 0 Å². The lowest BCUT2D eigenvalue weighted by atomic mass is 10.1. The molecule has 1 fully saturated rings. The normalized spacial score (nSPS) is 31.7. The standard InChI is InChI=1S/C9H13N3O6/c10-7(16)3-1-12(11-8(3)17)9-6(15)5(14)4(2-13)18-9/h1,4-6,9,13-15H,2H2,(H2,10,16)(H,11,17)/t4-,5-,6-,9?/m1/s1. The van der Waals surface area contributed by atoms with Crippen molar-refractivity contribution >= 4 is 5.91 Å². The number of aliphatic hydroxyl groups excluding tert-OH is 3. The molecule has 0 radical (unpaired) electrons. The van der Waals surface area contributed by atoms with E-state index in [1.165, 1.54) is 0 Å². The summed E-state index contributed by atoms with van der Waals surface area (Å²) in [6.45, 7) is -0.483. The first-order valence-electron chi connectivity index (χ1n) is 5.19. The summed E-state index contributed by atoms with van der Waals surface area (Å²) in [5.41, 5.74) is 3.97. The maximum absolute atomic E-state index is 11.4. The predicted molar refractivity (Wildman–Crippen MR) is 56.6 cm³/mol. The number of carbonyl (C=O) groups is 1. The summed E-state index contributed by atoms with van der Waals surface area (Å²) in [6, 6.07) is 0. The number of H-pyrrole nitrogens is 1. The number of nitrogens with two attached hydrogens (primary N) is 1. The fourth-order valence-electron chi connectivity index (χ4n) is 1.83. The van der Waals surface area contributed by atoms with Crippen molar-refractivity contribution in [1.29, 1.82) is 0 Å². The molecular formula is C9H13N3O6. The monoisotopic (exact) mass is 259 g/mol. The van der Waals surface area contributed by atoms with Crippen LogP contribution in [0.1, 0.15) is 16.6 Å². The zero-order valence-electron chi connectivity index (χ0n) is 9.18. The fourth-order valence-corrected chi connectivity index (χ4v) is 1.83. The number of nitrogens with zero attached hydrogens (tertiary/aromatic N) is 1. The van der Waals surface area contributed by atoms with Crippen LogP contribution in [-0.2, 0) is 4.74 Å². The highest BCUT2D eigenvalue weighted by molar-refractivity contribution is 5.92. The minimum atomic E-state index is -1.34. The molecule has 1 aromatic heterocycles. The highest BCUT2D eigenvalue weighted by Crippen LogP contribution is 2.28. The van der Waals surface area contributed by atoms with Gasteiger partial charge in [0.1, 0.15) is 23.9 Å². The SMILES string of the molecule is NC(=O)c1cn(C2O[C@H](CO)[C@@H](O)[C@H]2O)[nH]c1=O. The molecule has 100 valence electrons. The lowest BCUT2D eigenvalue weighted by molar-refractivity contribution is -0.0588. The van der Waals surface area contributed by atoms with Crippen LogP contribution in [0.2, 0.25) is 0 Å². The van der Waals surface area contributed by atoms with E-state index >= 15 is 0 Å². The van der Waals surface area contributed by atoms with Gasteiger partial charge in [-0.2, -0.15) is 0 Å². The summed E-state index contributed by atoms with van der Waals surface area (Å²) in [6.07, 6.45) is -3.61. The lowest BCUT2D eigenvalue weighted by Crippen LogP contribution is -2.33. The summed E-state index contributed by atoms with van der Waals surface area (Å²) in [5, 5.41) is 30.4. The molecule has 18 heavy (non-hydrogen) atoms. The molecule has 2 heterocycles. The van der Waals surface area contributed by atoms with Crippen LogP contribution in [0.4, 0.5) is 0 Å². The van der Waals surface area contributed by atoms with Crippen LogP contribution < -0.4 is 11.3 Å². The van der Waals surface area contributed by atoms with Gasteiger partial charge in [0.15, 0.2) is 6.23 Å². The van der Waals surface area contributed by atoms with Crippen molar-refractivity contribution in [1.82, 2.24) is 9.78 Å². The second kappa shape index (κ2) is 4.53. The van der Waals surface area contributed by atoms with E-state index < -0.39 is 42.6 Å². The highest BCUT2D eigenvalue weighted by Gasteiger charge is 2.43. The van der Waals surface area contributed by atoms with Gasteiger partial charge >= 0.3 is 0 Å². The summed E-state index contributed by atoms with van der Waals surface area (Å²) < 4.78 is 6.19. The van der Waals surface area contributed by atoms with Crippen molar-refractivity contribution in [3.8, 4) is 0 Å². The first-order chi connectivity index (χ1) is 8.45.